The second-order valence-corrected chi connectivity index (χ2v) is 3.67. The molecule has 0 saturated heterocycles. The first kappa shape index (κ1) is 12.6. The summed E-state index contributed by atoms with van der Waals surface area (Å²) < 4.78 is 39.7. The van der Waals surface area contributed by atoms with Crippen molar-refractivity contribution in [2.75, 3.05) is 0 Å². The second kappa shape index (κ2) is 4.77. The maximum absolute atomic E-state index is 12.3. The second-order valence-electron chi connectivity index (χ2n) is 3.67. The molecule has 2 heterocycles. The van der Waals surface area contributed by atoms with Gasteiger partial charge in [0.05, 0.1) is 30.5 Å². The minimum Gasteiger partial charge on any atom is -0.325 e. The molecule has 0 aliphatic carbocycles. The molecular formula is C9H11F3N6. The van der Waals surface area contributed by atoms with E-state index >= 15 is 0 Å². The zero-order valence-electron chi connectivity index (χ0n) is 9.30. The van der Waals surface area contributed by atoms with Gasteiger partial charge in [0.25, 0.3) is 0 Å². The van der Waals surface area contributed by atoms with Crippen molar-refractivity contribution in [2.45, 2.75) is 25.8 Å². The van der Waals surface area contributed by atoms with Crippen LogP contribution in [0.3, 0.4) is 0 Å². The molecular weight excluding hydrogens is 249 g/mol. The fraction of sp³-hybridized carbons (Fsp3) is 0.444. The van der Waals surface area contributed by atoms with Gasteiger partial charge in [0.2, 0.25) is 0 Å². The molecule has 9 heteroatoms. The van der Waals surface area contributed by atoms with E-state index in [2.05, 4.69) is 15.4 Å². The average Bonchev–Trinajstić information content (AvgIpc) is 2.94. The van der Waals surface area contributed by atoms with Crippen LogP contribution < -0.4 is 5.73 Å². The lowest BCUT2D eigenvalue weighted by Gasteiger charge is -2.02. The quantitative estimate of drug-likeness (QED) is 0.876. The molecule has 2 rings (SSSR count). The van der Waals surface area contributed by atoms with Gasteiger partial charge in [-0.2, -0.15) is 18.3 Å². The monoisotopic (exact) mass is 260 g/mol. The Morgan fingerprint density at radius 2 is 1.89 bits per heavy atom. The number of halogens is 3. The first-order valence-electron chi connectivity index (χ1n) is 5.18. The Kier molecular flexibility index (Phi) is 3.32. The Morgan fingerprint density at radius 3 is 2.44 bits per heavy atom. The molecule has 0 radical (unpaired) electrons. The van der Waals surface area contributed by atoms with E-state index in [9.17, 15) is 13.2 Å². The fourth-order valence-electron chi connectivity index (χ4n) is 1.38. The van der Waals surface area contributed by atoms with Crippen LogP contribution in [0.5, 0.6) is 0 Å². The number of nitrogens with two attached hydrogens (primary N) is 1. The molecule has 0 aliphatic rings. The standard InChI is InChI=1S/C9H11F3N6/c10-9(11,12)7-4-14-17(5-7)1-2-18-6-8(3-13)15-16-18/h4-6H,1-3,13H2. The third kappa shape index (κ3) is 2.86. The highest BCUT2D eigenvalue weighted by Crippen LogP contribution is 2.28. The predicted molar refractivity (Wildman–Crippen MR) is 55.1 cm³/mol. The summed E-state index contributed by atoms with van der Waals surface area (Å²) in [6.07, 6.45) is -0.959. The summed E-state index contributed by atoms with van der Waals surface area (Å²) in [7, 11) is 0. The number of aryl methyl sites for hydroxylation is 2. The number of hydrogen-bond donors (Lipinski definition) is 1. The molecule has 0 unspecified atom stereocenters. The first-order valence-corrected chi connectivity index (χ1v) is 5.18. The van der Waals surface area contributed by atoms with E-state index in [1.54, 1.807) is 6.20 Å². The normalized spacial score (nSPS) is 12.0. The van der Waals surface area contributed by atoms with E-state index in [1.807, 2.05) is 0 Å². The van der Waals surface area contributed by atoms with E-state index in [1.165, 1.54) is 9.36 Å². The number of aromatic nitrogens is 5. The molecule has 0 amide bonds. The van der Waals surface area contributed by atoms with Crippen LogP contribution in [0.25, 0.3) is 0 Å². The van der Waals surface area contributed by atoms with E-state index in [-0.39, 0.29) is 13.1 Å². The molecule has 2 aromatic rings. The van der Waals surface area contributed by atoms with Gasteiger partial charge in [0, 0.05) is 18.9 Å². The molecule has 0 fully saturated rings. The van der Waals surface area contributed by atoms with Crippen LogP contribution in [0.15, 0.2) is 18.6 Å². The molecule has 0 saturated carbocycles. The lowest BCUT2D eigenvalue weighted by Crippen LogP contribution is -2.09. The van der Waals surface area contributed by atoms with Gasteiger partial charge in [0.15, 0.2) is 0 Å². The molecule has 0 bridgehead atoms. The van der Waals surface area contributed by atoms with E-state index in [0.29, 0.717) is 12.2 Å². The van der Waals surface area contributed by atoms with Crippen LogP contribution in [0.1, 0.15) is 11.3 Å². The van der Waals surface area contributed by atoms with Crippen molar-refractivity contribution in [3.05, 3.63) is 29.8 Å². The Labute approximate surface area is 100 Å². The molecule has 2 aromatic heterocycles. The molecule has 0 aliphatic heterocycles. The topological polar surface area (TPSA) is 74.5 Å². The van der Waals surface area contributed by atoms with Crippen LogP contribution in [0.4, 0.5) is 13.2 Å². The van der Waals surface area contributed by atoms with Gasteiger partial charge in [0.1, 0.15) is 0 Å². The lowest BCUT2D eigenvalue weighted by atomic mass is 10.4. The van der Waals surface area contributed by atoms with Crippen LogP contribution in [0, 0.1) is 0 Å². The van der Waals surface area contributed by atoms with Crippen LogP contribution in [-0.2, 0) is 25.8 Å². The fourth-order valence-corrected chi connectivity index (χ4v) is 1.38. The summed E-state index contributed by atoms with van der Waals surface area (Å²) in [4.78, 5) is 0. The Hall–Kier alpha value is -1.90. The summed E-state index contributed by atoms with van der Waals surface area (Å²) in [5.41, 5.74) is 5.23. The van der Waals surface area contributed by atoms with Crippen molar-refractivity contribution in [2.24, 2.45) is 5.73 Å². The highest BCUT2D eigenvalue weighted by Gasteiger charge is 2.32. The van der Waals surface area contributed by atoms with Crippen molar-refractivity contribution >= 4 is 0 Å². The lowest BCUT2D eigenvalue weighted by molar-refractivity contribution is -0.137. The van der Waals surface area contributed by atoms with Gasteiger partial charge < -0.3 is 5.73 Å². The summed E-state index contributed by atoms with van der Waals surface area (Å²) in [6.45, 7) is 0.940. The van der Waals surface area contributed by atoms with Gasteiger partial charge in [-0.3, -0.25) is 9.36 Å². The maximum atomic E-state index is 12.3. The number of hydrogen-bond acceptors (Lipinski definition) is 4. The zero-order valence-corrected chi connectivity index (χ0v) is 9.30. The van der Waals surface area contributed by atoms with Gasteiger partial charge in [-0.15, -0.1) is 5.10 Å². The summed E-state index contributed by atoms with van der Waals surface area (Å²) >= 11 is 0. The summed E-state index contributed by atoms with van der Waals surface area (Å²) in [6, 6.07) is 0. The first-order chi connectivity index (χ1) is 8.49. The molecule has 6 nitrogen and oxygen atoms in total. The van der Waals surface area contributed by atoms with Gasteiger partial charge >= 0.3 is 6.18 Å². The average molecular weight is 260 g/mol. The van der Waals surface area contributed by atoms with Gasteiger partial charge in [-0.05, 0) is 0 Å². The highest BCUT2D eigenvalue weighted by molar-refractivity contribution is 5.08. The minimum absolute atomic E-state index is 0.278. The molecule has 18 heavy (non-hydrogen) atoms. The smallest absolute Gasteiger partial charge is 0.325 e. The van der Waals surface area contributed by atoms with Crippen LogP contribution in [-0.4, -0.2) is 24.8 Å². The van der Waals surface area contributed by atoms with Crippen molar-refractivity contribution in [1.29, 1.82) is 0 Å². The van der Waals surface area contributed by atoms with Gasteiger partial charge in [-0.25, -0.2) is 0 Å². The van der Waals surface area contributed by atoms with Crippen molar-refractivity contribution in [3.63, 3.8) is 0 Å². The number of rotatable bonds is 4. The van der Waals surface area contributed by atoms with Crippen LogP contribution in [0.2, 0.25) is 0 Å². The minimum atomic E-state index is -4.36. The summed E-state index contributed by atoms with van der Waals surface area (Å²) in [5.74, 6) is 0. The molecule has 0 aromatic carbocycles. The Morgan fingerprint density at radius 1 is 1.17 bits per heavy atom. The van der Waals surface area contributed by atoms with E-state index in [4.69, 9.17) is 5.73 Å². The Balaban J connectivity index is 1.96. The zero-order chi connectivity index (χ0) is 13.2. The SMILES string of the molecule is NCc1cn(CCn2cc(C(F)(F)F)cn2)nn1. The third-order valence-electron chi connectivity index (χ3n) is 2.31. The third-order valence-corrected chi connectivity index (χ3v) is 2.31. The molecule has 2 N–H and O–H groups in total. The molecule has 0 spiro atoms. The Bertz CT molecular complexity index is 514. The van der Waals surface area contributed by atoms with E-state index in [0.717, 1.165) is 12.4 Å². The maximum Gasteiger partial charge on any atom is 0.419 e. The van der Waals surface area contributed by atoms with Crippen molar-refractivity contribution in [1.82, 2.24) is 24.8 Å². The highest BCUT2D eigenvalue weighted by atomic mass is 19.4. The van der Waals surface area contributed by atoms with E-state index < -0.39 is 11.7 Å². The predicted octanol–water partition coefficient (Wildman–Crippen LogP) is 0.652. The summed E-state index contributed by atoms with van der Waals surface area (Å²) in [5, 5.41) is 11.2. The number of alkyl halides is 3. The largest absolute Gasteiger partial charge is 0.419 e. The van der Waals surface area contributed by atoms with Crippen molar-refractivity contribution < 1.29 is 13.2 Å². The number of nitrogens with zero attached hydrogens (tertiary/aromatic N) is 5. The van der Waals surface area contributed by atoms with Crippen LogP contribution >= 0.6 is 0 Å². The van der Waals surface area contributed by atoms with Crippen molar-refractivity contribution in [3.8, 4) is 0 Å². The molecule has 0 atom stereocenters. The molecule has 98 valence electrons. The van der Waals surface area contributed by atoms with Gasteiger partial charge in [-0.1, -0.05) is 5.21 Å².